The van der Waals surface area contributed by atoms with Crippen molar-refractivity contribution < 1.29 is 13.3 Å². The number of benzene rings is 1. The molecule has 1 saturated heterocycles. The summed E-state index contributed by atoms with van der Waals surface area (Å²) in [5, 5.41) is 3.82. The van der Waals surface area contributed by atoms with Gasteiger partial charge in [-0.15, -0.1) is 0 Å². The lowest BCUT2D eigenvalue weighted by Crippen LogP contribution is -2.47. The Balaban J connectivity index is 1.43. The normalized spacial score (nSPS) is 16.2. The zero-order valence-electron chi connectivity index (χ0n) is 15.4. The Bertz CT molecular complexity index is 688. The molecular formula is C19H26F2N4O. The Labute approximate surface area is 153 Å². The molecule has 2 aromatic rings. The third kappa shape index (κ3) is 5.49. The van der Waals surface area contributed by atoms with Gasteiger partial charge in [0.15, 0.2) is 5.82 Å². The van der Waals surface area contributed by atoms with E-state index in [9.17, 15) is 8.78 Å². The SMILES string of the molecule is Cc1ccc(CCN2CCN(c3nc(CCC(C)(F)F)no3)CC2)cc1. The van der Waals surface area contributed by atoms with Crippen molar-refractivity contribution in [2.24, 2.45) is 0 Å². The highest BCUT2D eigenvalue weighted by atomic mass is 19.3. The number of aromatic nitrogens is 2. The van der Waals surface area contributed by atoms with Gasteiger partial charge in [0.25, 0.3) is 0 Å². The lowest BCUT2D eigenvalue weighted by Gasteiger charge is -2.33. The Morgan fingerprint density at radius 2 is 1.77 bits per heavy atom. The molecule has 142 valence electrons. The largest absolute Gasteiger partial charge is 0.324 e. The van der Waals surface area contributed by atoms with Crippen molar-refractivity contribution >= 4 is 6.01 Å². The van der Waals surface area contributed by atoms with Gasteiger partial charge in [0.2, 0.25) is 5.92 Å². The van der Waals surface area contributed by atoms with Gasteiger partial charge >= 0.3 is 6.01 Å². The Morgan fingerprint density at radius 1 is 1.08 bits per heavy atom. The van der Waals surface area contributed by atoms with E-state index in [1.807, 2.05) is 4.90 Å². The summed E-state index contributed by atoms with van der Waals surface area (Å²) in [6, 6.07) is 9.11. The standard InChI is InChI=1S/C19H26F2N4O/c1-15-3-5-16(6-4-15)8-10-24-11-13-25(14-12-24)18-22-17(23-26-18)7-9-19(2,20)21/h3-6H,7-14H2,1-2H3. The molecule has 0 unspecified atom stereocenters. The molecule has 1 fully saturated rings. The van der Waals surface area contributed by atoms with E-state index >= 15 is 0 Å². The summed E-state index contributed by atoms with van der Waals surface area (Å²) in [6.07, 6.45) is 0.901. The van der Waals surface area contributed by atoms with Gasteiger partial charge < -0.3 is 9.42 Å². The number of nitrogens with zero attached hydrogens (tertiary/aromatic N) is 4. The van der Waals surface area contributed by atoms with Crippen LogP contribution in [0.3, 0.4) is 0 Å². The number of anilines is 1. The van der Waals surface area contributed by atoms with Crippen LogP contribution in [0.25, 0.3) is 0 Å². The van der Waals surface area contributed by atoms with Crippen LogP contribution < -0.4 is 4.90 Å². The molecule has 0 saturated carbocycles. The minimum atomic E-state index is -2.70. The second kappa shape index (κ2) is 8.12. The van der Waals surface area contributed by atoms with Gasteiger partial charge in [-0.2, -0.15) is 4.98 Å². The second-order valence-electron chi connectivity index (χ2n) is 7.13. The van der Waals surface area contributed by atoms with Crippen molar-refractivity contribution in [2.75, 3.05) is 37.6 Å². The number of alkyl halides is 2. The van der Waals surface area contributed by atoms with E-state index in [4.69, 9.17) is 4.52 Å². The molecular weight excluding hydrogens is 338 g/mol. The molecule has 1 aromatic carbocycles. The molecule has 1 aliphatic heterocycles. The highest BCUT2D eigenvalue weighted by molar-refractivity contribution is 5.26. The first-order valence-electron chi connectivity index (χ1n) is 9.12. The molecule has 5 nitrogen and oxygen atoms in total. The Morgan fingerprint density at radius 3 is 2.42 bits per heavy atom. The fraction of sp³-hybridized carbons (Fsp3) is 0.579. The molecule has 2 heterocycles. The molecule has 0 bridgehead atoms. The minimum absolute atomic E-state index is 0.128. The zero-order valence-corrected chi connectivity index (χ0v) is 15.4. The molecule has 0 N–H and O–H groups in total. The summed E-state index contributed by atoms with van der Waals surface area (Å²) in [4.78, 5) is 8.71. The second-order valence-corrected chi connectivity index (χ2v) is 7.13. The van der Waals surface area contributed by atoms with Crippen molar-refractivity contribution in [3.8, 4) is 0 Å². The van der Waals surface area contributed by atoms with Crippen LogP contribution in [0.1, 0.15) is 30.3 Å². The van der Waals surface area contributed by atoms with E-state index < -0.39 is 5.92 Å². The van der Waals surface area contributed by atoms with Crippen LogP contribution >= 0.6 is 0 Å². The third-order valence-corrected chi connectivity index (χ3v) is 4.73. The summed E-state index contributed by atoms with van der Waals surface area (Å²) in [6.45, 7) is 7.49. The van der Waals surface area contributed by atoms with Crippen molar-refractivity contribution in [1.82, 2.24) is 15.0 Å². The maximum atomic E-state index is 12.9. The molecule has 0 aliphatic carbocycles. The molecule has 0 radical (unpaired) electrons. The van der Waals surface area contributed by atoms with Gasteiger partial charge in [0.05, 0.1) is 0 Å². The highest BCUT2D eigenvalue weighted by Gasteiger charge is 2.24. The molecule has 3 rings (SSSR count). The molecule has 26 heavy (non-hydrogen) atoms. The van der Waals surface area contributed by atoms with Gasteiger partial charge in [-0.25, -0.2) is 8.78 Å². The lowest BCUT2D eigenvalue weighted by molar-refractivity contribution is 0.0127. The monoisotopic (exact) mass is 364 g/mol. The predicted octanol–water partition coefficient (Wildman–Crippen LogP) is 3.33. The van der Waals surface area contributed by atoms with Crippen molar-refractivity contribution in [3.63, 3.8) is 0 Å². The van der Waals surface area contributed by atoms with Crippen molar-refractivity contribution in [2.45, 2.75) is 39.0 Å². The first-order chi connectivity index (χ1) is 12.4. The summed E-state index contributed by atoms with van der Waals surface area (Å²) in [7, 11) is 0. The topological polar surface area (TPSA) is 45.4 Å². The average molecular weight is 364 g/mol. The molecule has 0 amide bonds. The molecule has 0 spiro atoms. The lowest BCUT2D eigenvalue weighted by atomic mass is 10.1. The van der Waals surface area contributed by atoms with E-state index in [1.165, 1.54) is 11.1 Å². The van der Waals surface area contributed by atoms with Gasteiger partial charge in [-0.05, 0) is 25.8 Å². The number of rotatable bonds is 7. The number of halogens is 2. The summed E-state index contributed by atoms with van der Waals surface area (Å²) < 4.78 is 31.1. The van der Waals surface area contributed by atoms with Crippen LogP contribution in [0, 0.1) is 6.92 Å². The fourth-order valence-electron chi connectivity index (χ4n) is 3.01. The first-order valence-corrected chi connectivity index (χ1v) is 9.12. The maximum absolute atomic E-state index is 12.9. The number of aryl methyl sites for hydroxylation is 2. The summed E-state index contributed by atoms with van der Waals surface area (Å²) in [5.74, 6) is -2.35. The van der Waals surface area contributed by atoms with E-state index in [-0.39, 0.29) is 12.8 Å². The quantitative estimate of drug-likeness (QED) is 0.754. The van der Waals surface area contributed by atoms with Gasteiger partial charge in [0, 0.05) is 45.6 Å². The van der Waals surface area contributed by atoms with Crippen LogP contribution in [0.5, 0.6) is 0 Å². The van der Waals surface area contributed by atoms with Gasteiger partial charge in [-0.3, -0.25) is 4.90 Å². The first kappa shape index (κ1) is 18.8. The van der Waals surface area contributed by atoms with Crippen LogP contribution in [-0.2, 0) is 12.8 Å². The van der Waals surface area contributed by atoms with Gasteiger partial charge in [0.1, 0.15) is 0 Å². The number of hydrogen-bond acceptors (Lipinski definition) is 5. The van der Waals surface area contributed by atoms with Crippen LogP contribution in [0.15, 0.2) is 28.8 Å². The maximum Gasteiger partial charge on any atom is 0.324 e. The van der Waals surface area contributed by atoms with E-state index in [2.05, 4.69) is 46.2 Å². The molecule has 1 aromatic heterocycles. The van der Waals surface area contributed by atoms with E-state index in [1.54, 1.807) is 0 Å². The van der Waals surface area contributed by atoms with Crippen molar-refractivity contribution in [1.29, 1.82) is 0 Å². The minimum Gasteiger partial charge on any atom is -0.322 e. The van der Waals surface area contributed by atoms with Crippen LogP contribution in [0.2, 0.25) is 0 Å². The summed E-state index contributed by atoms with van der Waals surface area (Å²) in [5.41, 5.74) is 2.64. The zero-order chi connectivity index (χ0) is 18.6. The number of hydrogen-bond donors (Lipinski definition) is 0. The number of piperazine rings is 1. The molecule has 0 atom stereocenters. The van der Waals surface area contributed by atoms with E-state index in [0.29, 0.717) is 11.8 Å². The van der Waals surface area contributed by atoms with E-state index in [0.717, 1.165) is 46.1 Å². The predicted molar refractivity (Wildman–Crippen MR) is 96.8 cm³/mol. The summed E-state index contributed by atoms with van der Waals surface area (Å²) >= 11 is 0. The highest BCUT2D eigenvalue weighted by Crippen LogP contribution is 2.20. The van der Waals surface area contributed by atoms with Gasteiger partial charge in [-0.1, -0.05) is 35.0 Å². The van der Waals surface area contributed by atoms with Crippen LogP contribution in [-0.4, -0.2) is 53.7 Å². The average Bonchev–Trinajstić information content (AvgIpc) is 3.08. The fourth-order valence-corrected chi connectivity index (χ4v) is 3.01. The third-order valence-electron chi connectivity index (χ3n) is 4.73. The van der Waals surface area contributed by atoms with Crippen molar-refractivity contribution in [3.05, 3.63) is 41.2 Å². The Kier molecular flexibility index (Phi) is 5.86. The molecule has 1 aliphatic rings. The smallest absolute Gasteiger partial charge is 0.322 e. The van der Waals surface area contributed by atoms with Crippen LogP contribution in [0.4, 0.5) is 14.8 Å². The Hall–Kier alpha value is -2.02. The molecule has 7 heteroatoms.